The molecule has 0 atom stereocenters. The van der Waals surface area contributed by atoms with Crippen LogP contribution >= 0.6 is 0 Å². The molecule has 1 aliphatic carbocycles. The topological polar surface area (TPSA) is 46.6 Å². The maximum absolute atomic E-state index is 13.2. The Morgan fingerprint density at radius 2 is 2.05 bits per heavy atom. The molecular weight excluding hydrogens is 273 g/mol. The van der Waals surface area contributed by atoms with E-state index in [0.717, 1.165) is 25.7 Å². The highest BCUT2D eigenvalue weighted by atomic mass is 19.1. The lowest BCUT2D eigenvalue weighted by molar-refractivity contribution is -0.148. The maximum Gasteiger partial charge on any atom is 0.325 e. The number of carbonyl (C=O) groups is 2. The van der Waals surface area contributed by atoms with Crippen LogP contribution in [0.3, 0.4) is 0 Å². The normalized spacial score (nSPS) is 15.0. The molecule has 5 heteroatoms. The second kappa shape index (κ2) is 7.20. The Morgan fingerprint density at radius 3 is 2.67 bits per heavy atom. The van der Waals surface area contributed by atoms with E-state index in [2.05, 4.69) is 4.74 Å². The predicted molar refractivity (Wildman–Crippen MR) is 76.1 cm³/mol. The van der Waals surface area contributed by atoms with Gasteiger partial charge in [0.1, 0.15) is 12.4 Å². The molecule has 21 heavy (non-hydrogen) atoms. The summed E-state index contributed by atoms with van der Waals surface area (Å²) in [5, 5.41) is 0. The van der Waals surface area contributed by atoms with Crippen LogP contribution in [-0.4, -0.2) is 36.5 Å². The van der Waals surface area contributed by atoms with Crippen molar-refractivity contribution in [3.8, 4) is 0 Å². The molecule has 0 aliphatic heterocycles. The van der Waals surface area contributed by atoms with E-state index in [9.17, 15) is 14.0 Å². The van der Waals surface area contributed by atoms with Crippen LogP contribution in [0.15, 0.2) is 24.3 Å². The van der Waals surface area contributed by atoms with E-state index < -0.39 is 5.97 Å². The lowest BCUT2D eigenvalue weighted by Gasteiger charge is -2.28. The van der Waals surface area contributed by atoms with Crippen LogP contribution in [0.2, 0.25) is 0 Å². The van der Waals surface area contributed by atoms with Gasteiger partial charge in [-0.15, -0.1) is 0 Å². The maximum atomic E-state index is 13.2. The van der Waals surface area contributed by atoms with Crippen LogP contribution in [0.25, 0.3) is 0 Å². The lowest BCUT2D eigenvalue weighted by Crippen LogP contribution is -2.43. The lowest BCUT2D eigenvalue weighted by atomic mass is 10.1. The summed E-state index contributed by atoms with van der Waals surface area (Å²) in [7, 11) is 1.31. The van der Waals surface area contributed by atoms with Crippen molar-refractivity contribution in [2.45, 2.75) is 38.1 Å². The molecule has 0 saturated heterocycles. The number of esters is 1. The summed E-state index contributed by atoms with van der Waals surface area (Å²) in [6.45, 7) is -0.0324. The van der Waals surface area contributed by atoms with Gasteiger partial charge in [-0.3, -0.25) is 9.59 Å². The zero-order chi connectivity index (χ0) is 15.2. The number of rotatable bonds is 5. The largest absolute Gasteiger partial charge is 0.468 e. The molecule has 0 N–H and O–H groups in total. The van der Waals surface area contributed by atoms with E-state index in [1.807, 2.05) is 0 Å². The van der Waals surface area contributed by atoms with Crippen molar-refractivity contribution in [3.05, 3.63) is 35.6 Å². The zero-order valence-corrected chi connectivity index (χ0v) is 12.2. The molecule has 1 saturated carbocycles. The van der Waals surface area contributed by atoms with Gasteiger partial charge in [-0.2, -0.15) is 0 Å². The number of hydrogen-bond acceptors (Lipinski definition) is 3. The summed E-state index contributed by atoms with van der Waals surface area (Å²) in [6.07, 6.45) is 4.05. The Bertz CT molecular complexity index is 512. The fourth-order valence-electron chi connectivity index (χ4n) is 2.76. The summed E-state index contributed by atoms with van der Waals surface area (Å²) < 4.78 is 17.9. The van der Waals surface area contributed by atoms with Gasteiger partial charge in [0, 0.05) is 6.04 Å². The summed E-state index contributed by atoms with van der Waals surface area (Å²) in [5.41, 5.74) is 0.618. The van der Waals surface area contributed by atoms with Crippen LogP contribution in [-0.2, 0) is 20.7 Å². The van der Waals surface area contributed by atoms with Gasteiger partial charge in [-0.1, -0.05) is 25.0 Å². The standard InChI is InChI=1S/C16H20FNO3/c1-21-16(20)11-18(14-7-2-3-8-14)15(19)10-12-5-4-6-13(17)9-12/h4-6,9,14H,2-3,7-8,10-11H2,1H3. The van der Waals surface area contributed by atoms with Gasteiger partial charge in [0.2, 0.25) is 5.91 Å². The van der Waals surface area contributed by atoms with Crippen molar-refractivity contribution >= 4 is 11.9 Å². The number of methoxy groups -OCH3 is 1. The molecule has 1 fully saturated rings. The van der Waals surface area contributed by atoms with Crippen LogP contribution in [0, 0.1) is 5.82 Å². The highest BCUT2D eigenvalue weighted by molar-refractivity contribution is 5.83. The Hall–Kier alpha value is -1.91. The second-order valence-electron chi connectivity index (χ2n) is 5.34. The smallest absolute Gasteiger partial charge is 0.325 e. The van der Waals surface area contributed by atoms with Gasteiger partial charge < -0.3 is 9.64 Å². The van der Waals surface area contributed by atoms with Crippen molar-refractivity contribution in [1.82, 2.24) is 4.90 Å². The van der Waals surface area contributed by atoms with Crippen LogP contribution in [0.5, 0.6) is 0 Å². The van der Waals surface area contributed by atoms with Crippen molar-refractivity contribution in [2.75, 3.05) is 13.7 Å². The van der Waals surface area contributed by atoms with Crippen LogP contribution in [0.1, 0.15) is 31.2 Å². The van der Waals surface area contributed by atoms with E-state index in [-0.39, 0.29) is 30.7 Å². The van der Waals surface area contributed by atoms with Gasteiger partial charge in [0.05, 0.1) is 13.5 Å². The van der Waals surface area contributed by atoms with Crippen molar-refractivity contribution in [1.29, 1.82) is 0 Å². The minimum atomic E-state index is -0.422. The van der Waals surface area contributed by atoms with Gasteiger partial charge in [0.25, 0.3) is 0 Å². The number of halogens is 1. The van der Waals surface area contributed by atoms with Gasteiger partial charge in [-0.25, -0.2) is 4.39 Å². The molecule has 114 valence electrons. The third kappa shape index (κ3) is 4.28. The van der Waals surface area contributed by atoms with Crippen LogP contribution < -0.4 is 0 Å². The zero-order valence-electron chi connectivity index (χ0n) is 12.2. The summed E-state index contributed by atoms with van der Waals surface area (Å²) in [6, 6.07) is 6.08. The molecule has 1 aromatic rings. The third-order valence-electron chi connectivity index (χ3n) is 3.86. The highest BCUT2D eigenvalue weighted by Crippen LogP contribution is 2.24. The Morgan fingerprint density at radius 1 is 1.33 bits per heavy atom. The molecule has 1 aromatic carbocycles. The highest BCUT2D eigenvalue weighted by Gasteiger charge is 2.28. The summed E-state index contributed by atoms with van der Waals surface area (Å²) in [4.78, 5) is 25.6. The second-order valence-corrected chi connectivity index (χ2v) is 5.34. The van der Waals surface area contributed by atoms with E-state index in [4.69, 9.17) is 0 Å². The average molecular weight is 293 g/mol. The van der Waals surface area contributed by atoms with Gasteiger partial charge in [0.15, 0.2) is 0 Å². The Balaban J connectivity index is 2.07. The molecule has 1 aliphatic rings. The average Bonchev–Trinajstić information content (AvgIpc) is 2.98. The predicted octanol–water partition coefficient (Wildman–Crippen LogP) is 2.31. The third-order valence-corrected chi connectivity index (χ3v) is 3.86. The minimum absolute atomic E-state index is 0.0324. The van der Waals surface area contributed by atoms with Crippen molar-refractivity contribution in [3.63, 3.8) is 0 Å². The van der Waals surface area contributed by atoms with E-state index in [0.29, 0.717) is 5.56 Å². The number of nitrogens with zero attached hydrogens (tertiary/aromatic N) is 1. The first-order valence-corrected chi connectivity index (χ1v) is 7.21. The number of benzene rings is 1. The number of hydrogen-bond donors (Lipinski definition) is 0. The molecule has 1 amide bonds. The molecular formula is C16H20FNO3. The number of amides is 1. The minimum Gasteiger partial charge on any atom is -0.468 e. The fourth-order valence-corrected chi connectivity index (χ4v) is 2.76. The van der Waals surface area contributed by atoms with Crippen molar-refractivity contribution in [2.24, 2.45) is 0 Å². The quantitative estimate of drug-likeness (QED) is 0.783. The molecule has 0 aromatic heterocycles. The SMILES string of the molecule is COC(=O)CN(C(=O)Cc1cccc(F)c1)C1CCCC1. The van der Waals surface area contributed by atoms with E-state index in [1.165, 1.54) is 19.2 Å². The number of carbonyl (C=O) groups excluding carboxylic acids is 2. The van der Waals surface area contributed by atoms with E-state index >= 15 is 0 Å². The summed E-state index contributed by atoms with van der Waals surface area (Å²) >= 11 is 0. The van der Waals surface area contributed by atoms with Crippen molar-refractivity contribution < 1.29 is 18.7 Å². The Kier molecular flexibility index (Phi) is 5.31. The molecule has 0 bridgehead atoms. The van der Waals surface area contributed by atoms with Crippen LogP contribution in [0.4, 0.5) is 4.39 Å². The molecule has 0 unspecified atom stereocenters. The molecule has 2 rings (SSSR count). The molecule has 0 spiro atoms. The monoisotopic (exact) mass is 293 g/mol. The first-order chi connectivity index (χ1) is 10.1. The number of ether oxygens (including phenoxy) is 1. The first kappa shape index (κ1) is 15.5. The molecule has 4 nitrogen and oxygen atoms in total. The summed E-state index contributed by atoms with van der Waals surface area (Å²) in [5.74, 6) is -0.937. The van der Waals surface area contributed by atoms with Gasteiger partial charge >= 0.3 is 5.97 Å². The fraction of sp³-hybridized carbons (Fsp3) is 0.500. The molecule has 0 radical (unpaired) electrons. The van der Waals surface area contributed by atoms with E-state index in [1.54, 1.807) is 17.0 Å². The first-order valence-electron chi connectivity index (χ1n) is 7.21. The Labute approximate surface area is 123 Å². The van der Waals surface area contributed by atoms with Gasteiger partial charge in [-0.05, 0) is 30.5 Å². The molecule has 0 heterocycles.